The van der Waals surface area contributed by atoms with Crippen molar-refractivity contribution in [1.29, 1.82) is 0 Å². The number of amides is 1. The zero-order chi connectivity index (χ0) is 21.1. The van der Waals surface area contributed by atoms with E-state index in [1.807, 2.05) is 43.5 Å². The second-order valence-corrected chi connectivity index (χ2v) is 7.59. The van der Waals surface area contributed by atoms with Crippen molar-refractivity contribution in [3.8, 4) is 22.1 Å². The number of aromatic nitrogens is 3. The van der Waals surface area contributed by atoms with Crippen LogP contribution in [0.4, 0.5) is 10.2 Å². The van der Waals surface area contributed by atoms with Crippen LogP contribution in [0.5, 0.6) is 5.75 Å². The van der Waals surface area contributed by atoms with Crippen LogP contribution in [-0.2, 0) is 4.79 Å². The molecule has 4 aromatic rings. The maximum Gasteiger partial charge on any atom is 0.263 e. The summed E-state index contributed by atoms with van der Waals surface area (Å²) in [6, 6.07) is 15.4. The zero-order valence-corrected chi connectivity index (χ0v) is 17.2. The summed E-state index contributed by atoms with van der Waals surface area (Å²) in [5.41, 5.74) is 3.38. The highest BCUT2D eigenvalue weighted by Crippen LogP contribution is 2.26. The lowest BCUT2D eigenvalue weighted by Gasteiger charge is -2.08. The summed E-state index contributed by atoms with van der Waals surface area (Å²) in [5, 5.41) is 9.72. The summed E-state index contributed by atoms with van der Waals surface area (Å²) in [5.74, 6) is 0.538. The molecule has 0 radical (unpaired) electrons. The van der Waals surface area contributed by atoms with Crippen molar-refractivity contribution >= 4 is 23.1 Å². The van der Waals surface area contributed by atoms with E-state index in [0.717, 1.165) is 16.8 Å². The quantitative estimate of drug-likeness (QED) is 0.486. The molecule has 0 aliphatic heterocycles. The van der Waals surface area contributed by atoms with Crippen LogP contribution < -0.4 is 10.1 Å². The predicted octanol–water partition coefficient (Wildman–Crippen LogP) is 4.77. The topological polar surface area (TPSA) is 69.0 Å². The Hall–Kier alpha value is -3.52. The van der Waals surface area contributed by atoms with Crippen LogP contribution >= 0.6 is 11.3 Å². The molecule has 0 saturated carbocycles. The van der Waals surface area contributed by atoms with Gasteiger partial charge in [-0.3, -0.25) is 4.79 Å². The summed E-state index contributed by atoms with van der Waals surface area (Å²) >= 11 is 1.38. The Morgan fingerprint density at radius 1 is 1.13 bits per heavy atom. The number of nitrogens with zero attached hydrogens (tertiary/aromatic N) is 3. The average Bonchev–Trinajstić information content (AvgIpc) is 3.35. The van der Waals surface area contributed by atoms with Gasteiger partial charge in [-0.05, 0) is 50.2 Å². The molecule has 30 heavy (non-hydrogen) atoms. The molecule has 0 aliphatic rings. The molecule has 0 spiro atoms. The number of thiazole rings is 1. The van der Waals surface area contributed by atoms with Gasteiger partial charge in [-0.2, -0.15) is 9.78 Å². The molecule has 0 saturated heterocycles. The van der Waals surface area contributed by atoms with E-state index in [1.165, 1.54) is 23.5 Å². The van der Waals surface area contributed by atoms with Crippen molar-refractivity contribution in [2.75, 3.05) is 11.9 Å². The second-order valence-electron chi connectivity index (χ2n) is 6.75. The summed E-state index contributed by atoms with van der Waals surface area (Å²) < 4.78 is 20.3. The van der Waals surface area contributed by atoms with Gasteiger partial charge in [-0.15, -0.1) is 11.3 Å². The predicted molar refractivity (Wildman–Crippen MR) is 115 cm³/mol. The largest absolute Gasteiger partial charge is 0.484 e. The zero-order valence-electron chi connectivity index (χ0n) is 16.4. The van der Waals surface area contributed by atoms with Gasteiger partial charge < -0.3 is 10.1 Å². The van der Waals surface area contributed by atoms with Gasteiger partial charge in [0.15, 0.2) is 6.61 Å². The lowest BCUT2D eigenvalue weighted by atomic mass is 10.2. The molecule has 0 bridgehead atoms. The fourth-order valence-electron chi connectivity index (χ4n) is 2.81. The Morgan fingerprint density at radius 3 is 2.60 bits per heavy atom. The van der Waals surface area contributed by atoms with Crippen LogP contribution in [0, 0.1) is 19.7 Å². The van der Waals surface area contributed by atoms with Gasteiger partial charge in [0.25, 0.3) is 5.91 Å². The minimum absolute atomic E-state index is 0.119. The van der Waals surface area contributed by atoms with Gasteiger partial charge in [0.2, 0.25) is 5.13 Å². The lowest BCUT2D eigenvalue weighted by Crippen LogP contribution is -2.21. The molecule has 0 atom stereocenters. The highest BCUT2D eigenvalue weighted by Gasteiger charge is 2.15. The molecule has 1 amide bonds. The number of benzene rings is 2. The Bertz CT molecular complexity index is 1170. The fraction of sp³-hybridized carbons (Fsp3) is 0.136. The van der Waals surface area contributed by atoms with E-state index in [1.54, 1.807) is 22.9 Å². The van der Waals surface area contributed by atoms with Crippen LogP contribution in [0.3, 0.4) is 0 Å². The molecule has 0 unspecified atom stereocenters. The number of carbonyl (C=O) groups is 1. The van der Waals surface area contributed by atoms with Gasteiger partial charge in [0.05, 0.1) is 11.4 Å². The Kier molecular flexibility index (Phi) is 5.58. The van der Waals surface area contributed by atoms with E-state index in [-0.39, 0.29) is 18.3 Å². The minimum atomic E-state index is -0.299. The molecule has 1 N–H and O–H groups in total. The van der Waals surface area contributed by atoms with Crippen LogP contribution in [-0.4, -0.2) is 27.3 Å². The van der Waals surface area contributed by atoms with Crippen molar-refractivity contribution in [3.63, 3.8) is 0 Å². The molecule has 0 aliphatic carbocycles. The molecule has 4 rings (SSSR count). The van der Waals surface area contributed by atoms with Crippen LogP contribution in [0.25, 0.3) is 16.4 Å². The first-order valence-electron chi connectivity index (χ1n) is 9.26. The number of aryl methyl sites for hydroxylation is 2. The van der Waals surface area contributed by atoms with Crippen molar-refractivity contribution in [1.82, 2.24) is 14.8 Å². The molecule has 2 heterocycles. The number of carbonyl (C=O) groups excluding carboxylic acids is 1. The molecule has 2 aromatic heterocycles. The smallest absolute Gasteiger partial charge is 0.263 e. The average molecular weight is 422 g/mol. The first-order chi connectivity index (χ1) is 14.5. The normalized spacial score (nSPS) is 10.8. The van der Waals surface area contributed by atoms with Crippen molar-refractivity contribution in [2.24, 2.45) is 0 Å². The highest BCUT2D eigenvalue weighted by molar-refractivity contribution is 7.12. The van der Waals surface area contributed by atoms with Crippen molar-refractivity contribution < 1.29 is 13.9 Å². The van der Waals surface area contributed by atoms with E-state index in [9.17, 15) is 9.18 Å². The third-order valence-electron chi connectivity index (χ3n) is 4.30. The van der Waals surface area contributed by atoms with Crippen LogP contribution in [0.15, 0.2) is 60.0 Å². The minimum Gasteiger partial charge on any atom is -0.484 e. The summed E-state index contributed by atoms with van der Waals surface area (Å²) in [7, 11) is 0. The number of rotatable bonds is 6. The SMILES string of the molecule is Cc1ccc(OCC(=O)Nc2cc(C)nn2-c2nc(-c3ccc(F)cc3)cs2)cc1. The maximum atomic E-state index is 13.2. The van der Waals surface area contributed by atoms with E-state index in [4.69, 9.17) is 4.74 Å². The van der Waals surface area contributed by atoms with E-state index >= 15 is 0 Å². The van der Waals surface area contributed by atoms with Crippen molar-refractivity contribution in [3.05, 3.63) is 77.1 Å². The lowest BCUT2D eigenvalue weighted by molar-refractivity contribution is -0.118. The number of nitrogens with one attached hydrogen (secondary N) is 1. The molecule has 8 heteroatoms. The van der Waals surface area contributed by atoms with E-state index in [0.29, 0.717) is 22.4 Å². The first kappa shape index (κ1) is 19.8. The second kappa shape index (κ2) is 8.46. The van der Waals surface area contributed by atoms with Crippen molar-refractivity contribution in [2.45, 2.75) is 13.8 Å². The maximum absolute atomic E-state index is 13.2. The standard InChI is InChI=1S/C22H19FN4O2S/c1-14-3-9-18(10-4-14)29-12-21(28)25-20-11-15(2)26-27(20)22-24-19(13-30-22)16-5-7-17(23)8-6-16/h3-11,13H,12H2,1-2H3,(H,25,28). The summed E-state index contributed by atoms with van der Waals surface area (Å²) in [6.45, 7) is 3.70. The van der Waals surface area contributed by atoms with Gasteiger partial charge in [0.1, 0.15) is 17.4 Å². The first-order valence-corrected chi connectivity index (χ1v) is 10.1. The molecule has 0 fully saturated rings. The summed E-state index contributed by atoms with van der Waals surface area (Å²) in [6.07, 6.45) is 0. The van der Waals surface area contributed by atoms with Gasteiger partial charge in [0, 0.05) is 17.0 Å². The molecule has 2 aromatic carbocycles. The third kappa shape index (κ3) is 4.55. The van der Waals surface area contributed by atoms with E-state index < -0.39 is 0 Å². The van der Waals surface area contributed by atoms with Gasteiger partial charge in [-0.25, -0.2) is 9.37 Å². The monoisotopic (exact) mass is 422 g/mol. The number of hydrogen-bond donors (Lipinski definition) is 1. The molecule has 6 nitrogen and oxygen atoms in total. The number of anilines is 1. The number of ether oxygens (including phenoxy) is 1. The Balaban J connectivity index is 1.48. The molecular formula is C22H19FN4O2S. The van der Waals surface area contributed by atoms with Crippen LogP contribution in [0.2, 0.25) is 0 Å². The highest BCUT2D eigenvalue weighted by atomic mass is 32.1. The summed E-state index contributed by atoms with van der Waals surface area (Å²) in [4.78, 5) is 17.0. The van der Waals surface area contributed by atoms with Crippen LogP contribution in [0.1, 0.15) is 11.3 Å². The van der Waals surface area contributed by atoms with Gasteiger partial charge in [-0.1, -0.05) is 17.7 Å². The Labute approximate surface area is 177 Å². The molecular weight excluding hydrogens is 403 g/mol. The van der Waals surface area contributed by atoms with Gasteiger partial charge >= 0.3 is 0 Å². The fourth-order valence-corrected chi connectivity index (χ4v) is 3.61. The number of halogens is 1. The van der Waals surface area contributed by atoms with E-state index in [2.05, 4.69) is 15.4 Å². The Morgan fingerprint density at radius 2 is 1.87 bits per heavy atom. The third-order valence-corrected chi connectivity index (χ3v) is 5.12. The molecule has 152 valence electrons. The number of hydrogen-bond acceptors (Lipinski definition) is 5.